The number of carbonyl (C=O) groups is 1. The topological polar surface area (TPSA) is 42.0 Å². The summed E-state index contributed by atoms with van der Waals surface area (Å²) in [5, 5.41) is 2.85. The van der Waals surface area contributed by atoms with Crippen molar-refractivity contribution in [2.24, 2.45) is 0 Å². The summed E-state index contributed by atoms with van der Waals surface area (Å²) < 4.78 is 13.0. The molecule has 1 aliphatic carbocycles. The molecular formula is C16H15FN2O. The van der Waals surface area contributed by atoms with E-state index >= 15 is 0 Å². The van der Waals surface area contributed by atoms with Gasteiger partial charge in [-0.3, -0.25) is 4.79 Å². The third-order valence-corrected chi connectivity index (χ3v) is 3.95. The molecule has 0 radical (unpaired) electrons. The quantitative estimate of drug-likeness (QED) is 0.930. The molecule has 0 bridgehead atoms. The van der Waals surface area contributed by atoms with Crippen LogP contribution in [0.4, 0.5) is 10.2 Å². The number of carbonyl (C=O) groups excluding carboxylic acids is 1. The SMILES string of the molecule is O=C(Nc1ccccn1)C1(c2ccc(F)cc2)CCC1. The fourth-order valence-electron chi connectivity index (χ4n) is 2.62. The number of rotatable bonds is 3. The Labute approximate surface area is 116 Å². The second-order valence-electron chi connectivity index (χ2n) is 5.11. The van der Waals surface area contributed by atoms with E-state index < -0.39 is 5.41 Å². The maximum Gasteiger partial charge on any atom is 0.236 e. The number of pyridine rings is 1. The van der Waals surface area contributed by atoms with Crippen LogP contribution >= 0.6 is 0 Å². The van der Waals surface area contributed by atoms with Gasteiger partial charge < -0.3 is 5.32 Å². The number of nitrogens with one attached hydrogen (secondary N) is 1. The minimum absolute atomic E-state index is 0.0611. The average Bonchev–Trinajstić information content (AvgIpc) is 2.41. The van der Waals surface area contributed by atoms with Crippen LogP contribution in [0.25, 0.3) is 0 Å². The van der Waals surface area contributed by atoms with Gasteiger partial charge in [-0.1, -0.05) is 24.6 Å². The molecule has 1 fully saturated rings. The predicted molar refractivity (Wildman–Crippen MR) is 74.8 cm³/mol. The summed E-state index contributed by atoms with van der Waals surface area (Å²) in [6.07, 6.45) is 4.22. The van der Waals surface area contributed by atoms with Crippen molar-refractivity contribution in [1.29, 1.82) is 0 Å². The molecular weight excluding hydrogens is 255 g/mol. The lowest BCUT2D eigenvalue weighted by Crippen LogP contribution is -2.46. The fraction of sp³-hybridized carbons (Fsp3) is 0.250. The Balaban J connectivity index is 1.85. The van der Waals surface area contributed by atoms with Crippen molar-refractivity contribution in [3.63, 3.8) is 0 Å². The molecule has 1 saturated carbocycles. The largest absolute Gasteiger partial charge is 0.310 e. The number of benzene rings is 1. The van der Waals surface area contributed by atoms with Gasteiger partial charge in [0, 0.05) is 6.20 Å². The Morgan fingerprint density at radius 1 is 1.15 bits per heavy atom. The monoisotopic (exact) mass is 270 g/mol. The van der Waals surface area contributed by atoms with Crippen LogP contribution < -0.4 is 5.32 Å². The number of halogens is 1. The van der Waals surface area contributed by atoms with E-state index in [1.807, 2.05) is 6.07 Å². The molecule has 0 spiro atoms. The molecule has 0 saturated heterocycles. The van der Waals surface area contributed by atoms with E-state index in [-0.39, 0.29) is 11.7 Å². The first-order valence-electron chi connectivity index (χ1n) is 6.69. The Bertz CT molecular complexity index is 606. The normalized spacial score (nSPS) is 16.2. The lowest BCUT2D eigenvalue weighted by molar-refractivity contribution is -0.124. The number of nitrogens with zero attached hydrogens (tertiary/aromatic N) is 1. The van der Waals surface area contributed by atoms with Gasteiger partial charge in [0.2, 0.25) is 5.91 Å². The zero-order valence-electron chi connectivity index (χ0n) is 11.0. The van der Waals surface area contributed by atoms with Gasteiger partial charge >= 0.3 is 0 Å². The molecule has 1 amide bonds. The van der Waals surface area contributed by atoms with Crippen LogP contribution in [0.5, 0.6) is 0 Å². The highest BCUT2D eigenvalue weighted by Gasteiger charge is 2.45. The number of aromatic nitrogens is 1. The summed E-state index contributed by atoms with van der Waals surface area (Å²) in [4.78, 5) is 16.7. The number of anilines is 1. The zero-order chi connectivity index (χ0) is 14.0. The summed E-state index contributed by atoms with van der Waals surface area (Å²) in [5.74, 6) is 0.202. The maximum atomic E-state index is 13.0. The second kappa shape index (κ2) is 5.04. The number of amides is 1. The van der Waals surface area contributed by atoms with Crippen molar-refractivity contribution in [2.45, 2.75) is 24.7 Å². The van der Waals surface area contributed by atoms with Gasteiger partial charge in [0.1, 0.15) is 11.6 Å². The zero-order valence-corrected chi connectivity index (χ0v) is 11.0. The first-order chi connectivity index (χ1) is 9.71. The highest BCUT2D eigenvalue weighted by atomic mass is 19.1. The first-order valence-corrected chi connectivity index (χ1v) is 6.69. The van der Waals surface area contributed by atoms with E-state index in [1.54, 1.807) is 30.5 Å². The molecule has 1 N–H and O–H groups in total. The van der Waals surface area contributed by atoms with Gasteiger partial charge in [-0.15, -0.1) is 0 Å². The van der Waals surface area contributed by atoms with Crippen molar-refractivity contribution in [3.8, 4) is 0 Å². The van der Waals surface area contributed by atoms with Gasteiger partial charge in [-0.2, -0.15) is 0 Å². The van der Waals surface area contributed by atoms with Gasteiger partial charge in [0.25, 0.3) is 0 Å². The molecule has 4 heteroatoms. The Hall–Kier alpha value is -2.23. The van der Waals surface area contributed by atoms with Gasteiger partial charge in [-0.25, -0.2) is 9.37 Å². The smallest absolute Gasteiger partial charge is 0.236 e. The molecule has 1 aromatic heterocycles. The van der Waals surface area contributed by atoms with Crippen molar-refractivity contribution < 1.29 is 9.18 Å². The van der Waals surface area contributed by atoms with E-state index in [0.717, 1.165) is 24.8 Å². The standard InChI is InChI=1S/C16H15FN2O/c17-13-7-5-12(6-8-13)16(9-3-10-16)15(20)19-14-4-1-2-11-18-14/h1-2,4-8,11H,3,9-10H2,(H,18,19,20). The van der Waals surface area contributed by atoms with Crippen LogP contribution in [0.2, 0.25) is 0 Å². The van der Waals surface area contributed by atoms with Crippen molar-refractivity contribution in [1.82, 2.24) is 4.98 Å². The van der Waals surface area contributed by atoms with Crippen LogP contribution in [0.15, 0.2) is 48.7 Å². The van der Waals surface area contributed by atoms with E-state index in [9.17, 15) is 9.18 Å². The summed E-state index contributed by atoms with van der Waals surface area (Å²) >= 11 is 0. The fourth-order valence-corrected chi connectivity index (χ4v) is 2.62. The molecule has 20 heavy (non-hydrogen) atoms. The molecule has 0 unspecified atom stereocenters. The van der Waals surface area contributed by atoms with Crippen LogP contribution in [-0.2, 0) is 10.2 Å². The highest BCUT2D eigenvalue weighted by molar-refractivity contribution is 5.99. The van der Waals surface area contributed by atoms with Crippen molar-refractivity contribution >= 4 is 11.7 Å². The summed E-state index contributed by atoms with van der Waals surface area (Å²) in [6.45, 7) is 0. The molecule has 1 aromatic carbocycles. The van der Waals surface area contributed by atoms with Crippen LogP contribution in [0, 0.1) is 5.82 Å². The van der Waals surface area contributed by atoms with E-state index in [4.69, 9.17) is 0 Å². The molecule has 3 rings (SSSR count). The lowest BCUT2D eigenvalue weighted by Gasteiger charge is -2.40. The molecule has 0 atom stereocenters. The lowest BCUT2D eigenvalue weighted by atomic mass is 9.64. The Morgan fingerprint density at radius 2 is 1.90 bits per heavy atom. The molecule has 3 nitrogen and oxygen atoms in total. The minimum atomic E-state index is -0.536. The molecule has 2 aromatic rings. The van der Waals surface area contributed by atoms with Gasteiger partial charge in [-0.05, 0) is 42.7 Å². The first kappa shape index (κ1) is 12.8. The van der Waals surface area contributed by atoms with Crippen LogP contribution in [0.1, 0.15) is 24.8 Å². The molecule has 1 aliphatic rings. The maximum absolute atomic E-state index is 13.0. The molecule has 102 valence electrons. The number of hydrogen-bond donors (Lipinski definition) is 1. The predicted octanol–water partition coefficient (Wildman–Crippen LogP) is 3.28. The second-order valence-corrected chi connectivity index (χ2v) is 5.11. The Morgan fingerprint density at radius 3 is 2.45 bits per heavy atom. The number of hydrogen-bond acceptors (Lipinski definition) is 2. The van der Waals surface area contributed by atoms with E-state index in [0.29, 0.717) is 5.82 Å². The third kappa shape index (κ3) is 2.18. The molecule has 0 aliphatic heterocycles. The Kier molecular flexibility index (Phi) is 3.22. The van der Waals surface area contributed by atoms with Gasteiger partial charge in [0.15, 0.2) is 0 Å². The summed E-state index contributed by atoms with van der Waals surface area (Å²) in [6, 6.07) is 11.6. The van der Waals surface area contributed by atoms with Crippen molar-refractivity contribution in [2.75, 3.05) is 5.32 Å². The average molecular weight is 270 g/mol. The summed E-state index contributed by atoms with van der Waals surface area (Å²) in [5.41, 5.74) is 0.337. The highest BCUT2D eigenvalue weighted by Crippen LogP contribution is 2.44. The van der Waals surface area contributed by atoms with Gasteiger partial charge in [0.05, 0.1) is 5.41 Å². The van der Waals surface area contributed by atoms with Crippen LogP contribution in [-0.4, -0.2) is 10.9 Å². The molecule has 1 heterocycles. The minimum Gasteiger partial charge on any atom is -0.310 e. The van der Waals surface area contributed by atoms with E-state index in [1.165, 1.54) is 12.1 Å². The summed E-state index contributed by atoms with van der Waals surface area (Å²) in [7, 11) is 0. The van der Waals surface area contributed by atoms with Crippen LogP contribution in [0.3, 0.4) is 0 Å². The van der Waals surface area contributed by atoms with E-state index in [2.05, 4.69) is 10.3 Å². The van der Waals surface area contributed by atoms with Crippen molar-refractivity contribution in [3.05, 3.63) is 60.0 Å². The third-order valence-electron chi connectivity index (χ3n) is 3.95.